The fraction of sp³-hybridized carbons (Fsp3) is 0.692. The quantitative estimate of drug-likeness (QED) is 0.771. The summed E-state index contributed by atoms with van der Waals surface area (Å²) in [6.07, 6.45) is 3.01. The van der Waals surface area contributed by atoms with Gasteiger partial charge in [0.15, 0.2) is 0 Å². The van der Waals surface area contributed by atoms with Gasteiger partial charge in [0.1, 0.15) is 5.76 Å². The Labute approximate surface area is 98.8 Å². The van der Waals surface area contributed by atoms with Gasteiger partial charge in [-0.25, -0.2) is 0 Å². The van der Waals surface area contributed by atoms with Crippen LogP contribution in [0.2, 0.25) is 0 Å². The first-order valence-corrected chi connectivity index (χ1v) is 6.02. The normalized spacial score (nSPS) is 11.6. The molecule has 0 aromatic carbocycles. The third-order valence-electron chi connectivity index (χ3n) is 2.71. The van der Waals surface area contributed by atoms with Crippen molar-refractivity contribution in [1.82, 2.24) is 10.2 Å². The van der Waals surface area contributed by atoms with Crippen LogP contribution in [0.5, 0.6) is 0 Å². The van der Waals surface area contributed by atoms with E-state index in [1.54, 1.807) is 6.26 Å². The maximum Gasteiger partial charge on any atom is 0.122 e. The molecule has 0 atom stereocenters. The minimum atomic E-state index is 0.760. The maximum absolute atomic E-state index is 5.51. The molecule has 3 heteroatoms. The average Bonchev–Trinajstić information content (AvgIpc) is 2.63. The molecule has 0 radical (unpaired) electrons. The van der Waals surface area contributed by atoms with Gasteiger partial charge in [0.05, 0.1) is 12.8 Å². The smallest absolute Gasteiger partial charge is 0.122 e. The van der Waals surface area contributed by atoms with Crippen molar-refractivity contribution in [1.29, 1.82) is 0 Å². The number of nitrogens with zero attached hydrogens (tertiary/aromatic N) is 1. The minimum Gasteiger partial charge on any atom is -0.468 e. The number of rotatable bonds is 7. The van der Waals surface area contributed by atoms with E-state index in [0.29, 0.717) is 0 Å². The predicted octanol–water partition coefficient (Wildman–Crippen LogP) is 2.48. The molecular formula is C13H24N2O. The van der Waals surface area contributed by atoms with Gasteiger partial charge >= 0.3 is 0 Å². The number of hydrogen-bond acceptors (Lipinski definition) is 3. The average molecular weight is 224 g/mol. The van der Waals surface area contributed by atoms with Gasteiger partial charge in [-0.05, 0) is 39.0 Å². The zero-order valence-corrected chi connectivity index (χ0v) is 10.9. The molecule has 0 spiro atoms. The SMILES string of the molecule is CNCc1ccoc1CN(C)CCC(C)C. The van der Waals surface area contributed by atoms with Crippen LogP contribution >= 0.6 is 0 Å². The fourth-order valence-corrected chi connectivity index (χ4v) is 1.66. The molecule has 3 nitrogen and oxygen atoms in total. The summed E-state index contributed by atoms with van der Waals surface area (Å²) in [5.74, 6) is 1.84. The third-order valence-corrected chi connectivity index (χ3v) is 2.71. The molecule has 16 heavy (non-hydrogen) atoms. The van der Waals surface area contributed by atoms with Crippen LogP contribution in [0.1, 0.15) is 31.6 Å². The van der Waals surface area contributed by atoms with Crippen LogP contribution in [0.25, 0.3) is 0 Å². The summed E-state index contributed by atoms with van der Waals surface area (Å²) in [6.45, 7) is 7.41. The van der Waals surface area contributed by atoms with Gasteiger partial charge in [0.2, 0.25) is 0 Å². The van der Waals surface area contributed by atoms with Crippen LogP contribution in [0.3, 0.4) is 0 Å². The summed E-state index contributed by atoms with van der Waals surface area (Å²) in [4.78, 5) is 2.32. The van der Waals surface area contributed by atoms with E-state index in [1.807, 2.05) is 13.1 Å². The standard InChI is InChI=1S/C13H24N2O/c1-11(2)5-7-15(4)10-13-12(9-14-3)6-8-16-13/h6,8,11,14H,5,7,9-10H2,1-4H3. The van der Waals surface area contributed by atoms with Gasteiger partial charge in [0, 0.05) is 12.1 Å². The summed E-state index contributed by atoms with van der Waals surface area (Å²) in [6, 6.07) is 2.04. The fourth-order valence-electron chi connectivity index (χ4n) is 1.66. The van der Waals surface area contributed by atoms with Gasteiger partial charge in [-0.15, -0.1) is 0 Å². The molecule has 1 aromatic heterocycles. The molecule has 0 aliphatic rings. The molecule has 1 N–H and O–H groups in total. The predicted molar refractivity (Wildman–Crippen MR) is 67.3 cm³/mol. The van der Waals surface area contributed by atoms with E-state index >= 15 is 0 Å². The van der Waals surface area contributed by atoms with Gasteiger partial charge in [-0.2, -0.15) is 0 Å². The van der Waals surface area contributed by atoms with Crippen LogP contribution in [-0.2, 0) is 13.1 Å². The summed E-state index contributed by atoms with van der Waals surface area (Å²) in [5, 5.41) is 3.16. The molecule has 0 aliphatic heterocycles. The zero-order chi connectivity index (χ0) is 12.0. The van der Waals surface area contributed by atoms with Crippen LogP contribution in [0.15, 0.2) is 16.7 Å². The van der Waals surface area contributed by atoms with Crippen molar-refractivity contribution in [2.45, 2.75) is 33.4 Å². The summed E-state index contributed by atoms with van der Waals surface area (Å²) >= 11 is 0. The van der Waals surface area contributed by atoms with Crippen LogP contribution in [-0.4, -0.2) is 25.5 Å². The van der Waals surface area contributed by atoms with Crippen molar-refractivity contribution in [3.05, 3.63) is 23.7 Å². The molecule has 0 bridgehead atoms. The van der Waals surface area contributed by atoms with Gasteiger partial charge in [-0.1, -0.05) is 13.8 Å². The van der Waals surface area contributed by atoms with Crippen LogP contribution < -0.4 is 5.32 Å². The van der Waals surface area contributed by atoms with Gasteiger partial charge in [-0.3, -0.25) is 4.90 Å². The Bertz CT molecular complexity index is 294. The lowest BCUT2D eigenvalue weighted by Crippen LogP contribution is -2.21. The Morgan fingerprint density at radius 3 is 2.81 bits per heavy atom. The second-order valence-corrected chi connectivity index (χ2v) is 4.82. The maximum atomic E-state index is 5.51. The minimum absolute atomic E-state index is 0.760. The molecule has 0 saturated carbocycles. The molecular weight excluding hydrogens is 200 g/mol. The van der Waals surface area contributed by atoms with Crippen molar-refractivity contribution >= 4 is 0 Å². The van der Waals surface area contributed by atoms with E-state index in [4.69, 9.17) is 4.42 Å². The molecule has 0 amide bonds. The van der Waals surface area contributed by atoms with Crippen molar-refractivity contribution in [3.8, 4) is 0 Å². The molecule has 1 heterocycles. The molecule has 1 aromatic rings. The van der Waals surface area contributed by atoms with E-state index in [9.17, 15) is 0 Å². The molecule has 92 valence electrons. The van der Waals surface area contributed by atoms with Crippen LogP contribution in [0.4, 0.5) is 0 Å². The number of nitrogens with one attached hydrogen (secondary N) is 1. The lowest BCUT2D eigenvalue weighted by molar-refractivity contribution is 0.276. The lowest BCUT2D eigenvalue weighted by atomic mass is 10.1. The largest absolute Gasteiger partial charge is 0.468 e. The highest BCUT2D eigenvalue weighted by Gasteiger charge is 2.08. The van der Waals surface area contributed by atoms with Crippen LogP contribution in [0, 0.1) is 5.92 Å². The topological polar surface area (TPSA) is 28.4 Å². The van der Waals surface area contributed by atoms with E-state index in [-0.39, 0.29) is 0 Å². The first-order chi connectivity index (χ1) is 7.63. The highest BCUT2D eigenvalue weighted by atomic mass is 16.3. The summed E-state index contributed by atoms with van der Waals surface area (Å²) < 4.78 is 5.51. The second kappa shape index (κ2) is 6.71. The number of hydrogen-bond donors (Lipinski definition) is 1. The Balaban J connectivity index is 2.42. The molecule has 0 fully saturated rings. The third kappa shape index (κ3) is 4.37. The highest BCUT2D eigenvalue weighted by molar-refractivity contribution is 5.16. The molecule has 0 unspecified atom stereocenters. The van der Waals surface area contributed by atoms with Crippen molar-refractivity contribution < 1.29 is 4.42 Å². The van der Waals surface area contributed by atoms with Crippen molar-refractivity contribution in [2.24, 2.45) is 5.92 Å². The Hall–Kier alpha value is -0.800. The van der Waals surface area contributed by atoms with Gasteiger partial charge < -0.3 is 9.73 Å². The van der Waals surface area contributed by atoms with E-state index < -0.39 is 0 Å². The molecule has 0 aliphatic carbocycles. The number of furan rings is 1. The Morgan fingerprint density at radius 1 is 1.44 bits per heavy atom. The molecule has 1 rings (SSSR count). The van der Waals surface area contributed by atoms with E-state index in [2.05, 4.69) is 31.1 Å². The summed E-state index contributed by atoms with van der Waals surface area (Å²) in [7, 11) is 4.10. The lowest BCUT2D eigenvalue weighted by Gasteiger charge is -2.17. The highest BCUT2D eigenvalue weighted by Crippen LogP contribution is 2.13. The second-order valence-electron chi connectivity index (χ2n) is 4.82. The van der Waals surface area contributed by atoms with E-state index in [1.165, 1.54) is 12.0 Å². The van der Waals surface area contributed by atoms with E-state index in [0.717, 1.165) is 31.3 Å². The first kappa shape index (κ1) is 13.3. The van der Waals surface area contributed by atoms with Gasteiger partial charge in [0.25, 0.3) is 0 Å². The first-order valence-electron chi connectivity index (χ1n) is 6.02. The zero-order valence-electron chi connectivity index (χ0n) is 10.9. The van der Waals surface area contributed by atoms with Crippen molar-refractivity contribution in [2.75, 3.05) is 20.6 Å². The summed E-state index contributed by atoms with van der Waals surface area (Å²) in [5.41, 5.74) is 1.26. The Kier molecular flexibility index (Phi) is 5.56. The van der Waals surface area contributed by atoms with Crippen molar-refractivity contribution in [3.63, 3.8) is 0 Å². The molecule has 0 saturated heterocycles. The Morgan fingerprint density at radius 2 is 2.19 bits per heavy atom. The monoisotopic (exact) mass is 224 g/mol.